The molecule has 0 bridgehead atoms. The lowest BCUT2D eigenvalue weighted by molar-refractivity contribution is 0.420. The summed E-state index contributed by atoms with van der Waals surface area (Å²) in [7, 11) is 0. The summed E-state index contributed by atoms with van der Waals surface area (Å²) in [5.74, 6) is 0. The van der Waals surface area contributed by atoms with Crippen LogP contribution in [-0.2, 0) is 0 Å². The second-order valence-electron chi connectivity index (χ2n) is 2.05. The maximum absolute atomic E-state index is 4.72. The van der Waals surface area contributed by atoms with Crippen LogP contribution in [0.4, 0.5) is 0 Å². The Balaban J connectivity index is 2.45. The van der Waals surface area contributed by atoms with Crippen LogP contribution in [0.1, 0.15) is 0 Å². The predicted octanol–water partition coefficient (Wildman–Crippen LogP) is 3.17. The van der Waals surface area contributed by atoms with Crippen molar-refractivity contribution in [2.24, 2.45) is 0 Å². The van der Waals surface area contributed by atoms with Gasteiger partial charge in [-0.1, -0.05) is 5.16 Å². The lowest BCUT2D eigenvalue weighted by Gasteiger charge is -1.83. The lowest BCUT2D eigenvalue weighted by Crippen LogP contribution is -1.62. The van der Waals surface area contributed by atoms with Gasteiger partial charge in [0.25, 0.3) is 0 Å². The summed E-state index contributed by atoms with van der Waals surface area (Å²) in [5, 5.41) is 5.67. The monoisotopic (exact) mass is 229 g/mol. The normalized spacial score (nSPS) is 10.3. The number of aromatic nitrogens is 1. The standard InChI is InChI=1S/C7H4BrNOS/c8-7-1-5(4-11-7)6-2-9-10-3-6/h1-4H. The Morgan fingerprint density at radius 1 is 1.45 bits per heavy atom. The van der Waals surface area contributed by atoms with Gasteiger partial charge in [-0.2, -0.15) is 0 Å². The van der Waals surface area contributed by atoms with Gasteiger partial charge in [-0.15, -0.1) is 11.3 Å². The first-order chi connectivity index (χ1) is 5.36. The van der Waals surface area contributed by atoms with Gasteiger partial charge in [-0.25, -0.2) is 0 Å². The maximum atomic E-state index is 4.72. The van der Waals surface area contributed by atoms with Gasteiger partial charge in [0.15, 0.2) is 0 Å². The average Bonchev–Trinajstić information content (AvgIpc) is 2.55. The highest BCUT2D eigenvalue weighted by molar-refractivity contribution is 9.11. The molecule has 2 nitrogen and oxygen atoms in total. The molecular weight excluding hydrogens is 226 g/mol. The summed E-state index contributed by atoms with van der Waals surface area (Å²) < 4.78 is 5.84. The van der Waals surface area contributed by atoms with Crippen molar-refractivity contribution in [3.63, 3.8) is 0 Å². The van der Waals surface area contributed by atoms with Gasteiger partial charge in [-0.05, 0) is 32.9 Å². The summed E-state index contributed by atoms with van der Waals surface area (Å²) in [4.78, 5) is 0. The highest BCUT2D eigenvalue weighted by Crippen LogP contribution is 2.28. The molecule has 0 fully saturated rings. The molecule has 0 aliphatic carbocycles. The third kappa shape index (κ3) is 1.36. The SMILES string of the molecule is Brc1cc(-c2cnoc2)cs1. The van der Waals surface area contributed by atoms with Crippen LogP contribution in [0.3, 0.4) is 0 Å². The van der Waals surface area contributed by atoms with Crippen LogP contribution >= 0.6 is 27.3 Å². The van der Waals surface area contributed by atoms with Crippen molar-refractivity contribution in [3.8, 4) is 11.1 Å². The van der Waals surface area contributed by atoms with Crippen molar-refractivity contribution >= 4 is 27.3 Å². The summed E-state index contributed by atoms with van der Waals surface area (Å²) in [6, 6.07) is 2.04. The molecule has 0 N–H and O–H groups in total. The first kappa shape index (κ1) is 7.06. The van der Waals surface area contributed by atoms with E-state index < -0.39 is 0 Å². The molecule has 0 aliphatic rings. The Bertz CT molecular complexity index is 341. The van der Waals surface area contributed by atoms with E-state index in [1.807, 2.05) is 6.07 Å². The van der Waals surface area contributed by atoms with Crippen molar-refractivity contribution in [2.45, 2.75) is 0 Å². The molecule has 0 atom stereocenters. The minimum atomic E-state index is 1.02. The van der Waals surface area contributed by atoms with Crippen LogP contribution in [0.25, 0.3) is 11.1 Å². The van der Waals surface area contributed by atoms with E-state index in [1.54, 1.807) is 23.8 Å². The summed E-state index contributed by atoms with van der Waals surface area (Å²) in [6.07, 6.45) is 3.34. The Kier molecular flexibility index (Phi) is 1.79. The molecule has 2 heterocycles. The molecule has 0 spiro atoms. The minimum absolute atomic E-state index is 1.02. The quantitative estimate of drug-likeness (QED) is 0.751. The molecule has 2 aromatic rings. The van der Waals surface area contributed by atoms with E-state index in [9.17, 15) is 0 Å². The van der Waals surface area contributed by atoms with E-state index in [-0.39, 0.29) is 0 Å². The molecule has 2 rings (SSSR count). The number of thiophene rings is 1. The van der Waals surface area contributed by atoms with Gasteiger partial charge in [0.2, 0.25) is 0 Å². The van der Waals surface area contributed by atoms with Crippen LogP contribution in [0.2, 0.25) is 0 Å². The van der Waals surface area contributed by atoms with E-state index in [0.29, 0.717) is 0 Å². The van der Waals surface area contributed by atoms with Crippen LogP contribution < -0.4 is 0 Å². The van der Waals surface area contributed by atoms with Gasteiger partial charge < -0.3 is 4.52 Å². The van der Waals surface area contributed by atoms with Crippen LogP contribution in [-0.4, -0.2) is 5.16 Å². The molecule has 0 amide bonds. The zero-order valence-electron chi connectivity index (χ0n) is 5.45. The number of hydrogen-bond donors (Lipinski definition) is 0. The van der Waals surface area contributed by atoms with E-state index >= 15 is 0 Å². The molecule has 11 heavy (non-hydrogen) atoms. The number of hydrogen-bond acceptors (Lipinski definition) is 3. The first-order valence-corrected chi connectivity index (χ1v) is 4.67. The second-order valence-corrected chi connectivity index (χ2v) is 4.34. The fraction of sp³-hybridized carbons (Fsp3) is 0. The highest BCUT2D eigenvalue weighted by Gasteiger charge is 2.01. The number of halogens is 1. The topological polar surface area (TPSA) is 26.0 Å². The van der Waals surface area contributed by atoms with Crippen molar-refractivity contribution in [1.82, 2.24) is 5.16 Å². The average molecular weight is 230 g/mol. The lowest BCUT2D eigenvalue weighted by atomic mass is 10.2. The van der Waals surface area contributed by atoms with E-state index in [2.05, 4.69) is 26.5 Å². The first-order valence-electron chi connectivity index (χ1n) is 3.00. The zero-order chi connectivity index (χ0) is 7.68. The molecule has 0 unspecified atom stereocenters. The van der Waals surface area contributed by atoms with E-state index in [1.165, 1.54) is 0 Å². The number of rotatable bonds is 1. The maximum Gasteiger partial charge on any atom is 0.131 e. The molecule has 56 valence electrons. The fourth-order valence-electron chi connectivity index (χ4n) is 0.809. The van der Waals surface area contributed by atoms with Gasteiger partial charge in [-0.3, -0.25) is 0 Å². The number of nitrogens with zero attached hydrogens (tertiary/aromatic N) is 1. The fourth-order valence-corrected chi connectivity index (χ4v) is 1.97. The third-order valence-corrected chi connectivity index (χ3v) is 2.84. The van der Waals surface area contributed by atoms with Crippen molar-refractivity contribution < 1.29 is 4.52 Å². The van der Waals surface area contributed by atoms with Crippen LogP contribution in [0.5, 0.6) is 0 Å². The molecule has 0 aromatic carbocycles. The van der Waals surface area contributed by atoms with Crippen LogP contribution in [0.15, 0.2) is 32.2 Å². The summed E-state index contributed by atoms with van der Waals surface area (Å²) in [5.41, 5.74) is 2.16. The predicted molar refractivity (Wildman–Crippen MR) is 47.5 cm³/mol. The van der Waals surface area contributed by atoms with Crippen molar-refractivity contribution in [1.29, 1.82) is 0 Å². The zero-order valence-corrected chi connectivity index (χ0v) is 7.85. The minimum Gasteiger partial charge on any atom is -0.364 e. The largest absolute Gasteiger partial charge is 0.364 e. The van der Waals surface area contributed by atoms with Crippen molar-refractivity contribution in [2.75, 3.05) is 0 Å². The Morgan fingerprint density at radius 2 is 2.36 bits per heavy atom. The van der Waals surface area contributed by atoms with Gasteiger partial charge in [0.1, 0.15) is 6.26 Å². The third-order valence-electron chi connectivity index (χ3n) is 1.33. The van der Waals surface area contributed by atoms with Crippen molar-refractivity contribution in [3.05, 3.63) is 27.7 Å². The molecular formula is C7H4BrNOS. The van der Waals surface area contributed by atoms with Gasteiger partial charge in [0, 0.05) is 5.56 Å². The van der Waals surface area contributed by atoms with Gasteiger partial charge >= 0.3 is 0 Å². The molecule has 2 aromatic heterocycles. The summed E-state index contributed by atoms with van der Waals surface area (Å²) >= 11 is 5.04. The highest BCUT2D eigenvalue weighted by atomic mass is 79.9. The molecule has 0 aliphatic heterocycles. The summed E-state index contributed by atoms with van der Waals surface area (Å²) in [6.45, 7) is 0. The van der Waals surface area contributed by atoms with E-state index in [4.69, 9.17) is 4.52 Å². The van der Waals surface area contributed by atoms with Gasteiger partial charge in [0.05, 0.1) is 9.98 Å². The van der Waals surface area contributed by atoms with E-state index in [0.717, 1.165) is 14.9 Å². The molecule has 0 saturated carbocycles. The molecule has 0 radical (unpaired) electrons. The second kappa shape index (κ2) is 2.79. The smallest absolute Gasteiger partial charge is 0.131 e. The molecule has 0 saturated heterocycles. The van der Waals surface area contributed by atoms with Crippen LogP contribution in [0, 0.1) is 0 Å². The Morgan fingerprint density at radius 3 is 2.91 bits per heavy atom. The Labute approximate surface area is 76.0 Å². The molecule has 4 heteroatoms. The Hall–Kier alpha value is -0.610.